The summed E-state index contributed by atoms with van der Waals surface area (Å²) in [7, 11) is 0. The predicted molar refractivity (Wildman–Crippen MR) is 115 cm³/mol. The number of aromatic nitrogens is 4. The highest BCUT2D eigenvalue weighted by atomic mass is 19.3. The number of ether oxygens (including phenoxy) is 1. The number of nitrogens with zero attached hydrogens (tertiary/aromatic N) is 4. The second-order valence-corrected chi connectivity index (χ2v) is 7.94. The lowest BCUT2D eigenvalue weighted by atomic mass is 10.0. The SMILES string of the molecule is FC(F)Oc1ccc(-c2cnn(CC3CCCC3)c2)c(-c2ccc3cccnc3c2)n1. The summed E-state index contributed by atoms with van der Waals surface area (Å²) in [6.45, 7) is -2.03. The predicted octanol–water partition coefficient (Wildman–Crippen LogP) is 5.95. The number of rotatable bonds is 6. The minimum Gasteiger partial charge on any atom is -0.417 e. The molecule has 0 N–H and O–H groups in total. The van der Waals surface area contributed by atoms with Gasteiger partial charge < -0.3 is 4.74 Å². The summed E-state index contributed by atoms with van der Waals surface area (Å²) in [5.41, 5.74) is 3.86. The Hall–Kier alpha value is -3.35. The van der Waals surface area contributed by atoms with E-state index in [0.717, 1.165) is 34.1 Å². The highest BCUT2D eigenvalue weighted by Crippen LogP contribution is 2.34. The first-order valence-electron chi connectivity index (χ1n) is 10.5. The van der Waals surface area contributed by atoms with Crippen LogP contribution in [0.5, 0.6) is 5.88 Å². The minimum atomic E-state index is -2.93. The Balaban J connectivity index is 1.55. The second kappa shape index (κ2) is 8.41. The van der Waals surface area contributed by atoms with Gasteiger partial charge in [0.05, 0.1) is 17.4 Å². The molecule has 4 aromatic rings. The van der Waals surface area contributed by atoms with Crippen molar-refractivity contribution in [3.63, 3.8) is 0 Å². The standard InChI is InChI=1S/C24H22F2N4O/c25-24(26)31-22-10-9-20(19-13-28-30(15-19)14-16-4-1-2-5-16)23(29-22)18-8-7-17-6-3-11-27-21(17)12-18/h3,6-13,15-16,24H,1-2,4-5,14H2. The molecule has 1 aromatic carbocycles. The van der Waals surface area contributed by atoms with Crippen molar-refractivity contribution in [3.05, 3.63) is 61.1 Å². The van der Waals surface area contributed by atoms with Crippen LogP contribution in [0.2, 0.25) is 0 Å². The average molecular weight is 420 g/mol. The van der Waals surface area contributed by atoms with Crippen LogP contribution in [0.1, 0.15) is 25.7 Å². The van der Waals surface area contributed by atoms with Crippen LogP contribution in [0.25, 0.3) is 33.3 Å². The number of hydrogen-bond donors (Lipinski definition) is 0. The quantitative estimate of drug-likeness (QED) is 0.387. The Labute approximate surface area is 178 Å². The van der Waals surface area contributed by atoms with E-state index < -0.39 is 6.61 Å². The van der Waals surface area contributed by atoms with Crippen molar-refractivity contribution in [1.29, 1.82) is 0 Å². The molecule has 0 saturated heterocycles. The highest BCUT2D eigenvalue weighted by Gasteiger charge is 2.18. The van der Waals surface area contributed by atoms with Gasteiger partial charge in [-0.25, -0.2) is 4.98 Å². The molecule has 0 unspecified atom stereocenters. The van der Waals surface area contributed by atoms with Gasteiger partial charge in [-0.05, 0) is 37.0 Å². The van der Waals surface area contributed by atoms with Gasteiger partial charge in [0.25, 0.3) is 0 Å². The van der Waals surface area contributed by atoms with E-state index in [0.29, 0.717) is 11.6 Å². The first-order chi connectivity index (χ1) is 15.2. The number of benzene rings is 1. The molecule has 5 rings (SSSR count). The molecule has 0 aliphatic heterocycles. The van der Waals surface area contributed by atoms with Gasteiger partial charge in [-0.3, -0.25) is 9.67 Å². The first-order valence-corrected chi connectivity index (χ1v) is 10.5. The molecule has 0 atom stereocenters. The molecular weight excluding hydrogens is 398 g/mol. The third-order valence-electron chi connectivity index (χ3n) is 5.82. The van der Waals surface area contributed by atoms with Crippen molar-refractivity contribution in [1.82, 2.24) is 19.7 Å². The molecule has 7 heteroatoms. The third-order valence-corrected chi connectivity index (χ3v) is 5.82. The van der Waals surface area contributed by atoms with E-state index in [1.165, 1.54) is 31.7 Å². The van der Waals surface area contributed by atoms with Crippen LogP contribution in [0.3, 0.4) is 0 Å². The number of alkyl halides is 2. The summed E-state index contributed by atoms with van der Waals surface area (Å²) in [6, 6.07) is 12.9. The van der Waals surface area contributed by atoms with Crippen molar-refractivity contribution >= 4 is 10.9 Å². The smallest absolute Gasteiger partial charge is 0.388 e. The van der Waals surface area contributed by atoms with Crippen molar-refractivity contribution in [2.75, 3.05) is 0 Å². The maximum Gasteiger partial charge on any atom is 0.388 e. The van der Waals surface area contributed by atoms with E-state index in [2.05, 4.69) is 19.8 Å². The van der Waals surface area contributed by atoms with E-state index in [4.69, 9.17) is 0 Å². The van der Waals surface area contributed by atoms with E-state index in [1.54, 1.807) is 12.3 Å². The zero-order valence-electron chi connectivity index (χ0n) is 16.9. The monoisotopic (exact) mass is 420 g/mol. The molecule has 1 fully saturated rings. The first kappa shape index (κ1) is 19.6. The van der Waals surface area contributed by atoms with Crippen molar-refractivity contribution < 1.29 is 13.5 Å². The summed E-state index contributed by atoms with van der Waals surface area (Å²) < 4.78 is 32.1. The summed E-state index contributed by atoms with van der Waals surface area (Å²) in [4.78, 5) is 8.82. The van der Waals surface area contributed by atoms with E-state index in [1.807, 2.05) is 47.4 Å². The van der Waals surface area contributed by atoms with Gasteiger partial charge in [-0.2, -0.15) is 13.9 Å². The molecule has 5 nitrogen and oxygen atoms in total. The Kier molecular flexibility index (Phi) is 5.32. The lowest BCUT2D eigenvalue weighted by Crippen LogP contribution is -2.07. The number of pyridine rings is 2. The third kappa shape index (κ3) is 4.26. The van der Waals surface area contributed by atoms with E-state index in [9.17, 15) is 8.78 Å². The molecule has 0 radical (unpaired) electrons. The molecule has 1 saturated carbocycles. The lowest BCUT2D eigenvalue weighted by molar-refractivity contribution is -0.0527. The lowest BCUT2D eigenvalue weighted by Gasteiger charge is -2.12. The highest BCUT2D eigenvalue weighted by molar-refractivity contribution is 5.87. The Morgan fingerprint density at radius 1 is 1.06 bits per heavy atom. The van der Waals surface area contributed by atoms with Gasteiger partial charge in [0.1, 0.15) is 0 Å². The Morgan fingerprint density at radius 2 is 1.94 bits per heavy atom. The second-order valence-electron chi connectivity index (χ2n) is 7.94. The van der Waals surface area contributed by atoms with Gasteiger partial charge >= 0.3 is 6.61 Å². The molecule has 158 valence electrons. The van der Waals surface area contributed by atoms with Gasteiger partial charge in [0.2, 0.25) is 5.88 Å². The van der Waals surface area contributed by atoms with Crippen molar-refractivity contribution in [2.24, 2.45) is 5.92 Å². The molecule has 0 amide bonds. The van der Waals surface area contributed by atoms with Gasteiger partial charge in [-0.1, -0.05) is 31.0 Å². The van der Waals surface area contributed by atoms with Gasteiger partial charge in [0, 0.05) is 47.1 Å². The van der Waals surface area contributed by atoms with Gasteiger partial charge in [0.15, 0.2) is 0 Å². The van der Waals surface area contributed by atoms with E-state index >= 15 is 0 Å². The summed E-state index contributed by atoms with van der Waals surface area (Å²) in [5.74, 6) is 0.548. The molecule has 0 bridgehead atoms. The number of halogens is 2. The molecule has 3 heterocycles. The van der Waals surface area contributed by atoms with Gasteiger partial charge in [-0.15, -0.1) is 0 Å². The molecule has 31 heavy (non-hydrogen) atoms. The molecule has 3 aromatic heterocycles. The largest absolute Gasteiger partial charge is 0.417 e. The fourth-order valence-corrected chi connectivity index (χ4v) is 4.32. The fraction of sp³-hybridized carbons (Fsp3) is 0.292. The maximum atomic E-state index is 12.8. The maximum absolute atomic E-state index is 12.8. The molecular formula is C24H22F2N4O. The summed E-state index contributed by atoms with van der Waals surface area (Å²) in [6.07, 6.45) is 10.6. The zero-order chi connectivity index (χ0) is 21.2. The number of hydrogen-bond acceptors (Lipinski definition) is 4. The molecule has 0 spiro atoms. The van der Waals surface area contributed by atoms with Crippen LogP contribution >= 0.6 is 0 Å². The molecule has 1 aliphatic rings. The Bertz CT molecular complexity index is 1200. The van der Waals surface area contributed by atoms with Crippen molar-refractivity contribution in [2.45, 2.75) is 38.8 Å². The van der Waals surface area contributed by atoms with E-state index in [-0.39, 0.29) is 5.88 Å². The van der Waals surface area contributed by atoms with Crippen LogP contribution in [-0.2, 0) is 6.54 Å². The summed E-state index contributed by atoms with van der Waals surface area (Å²) >= 11 is 0. The van der Waals surface area contributed by atoms with Crippen LogP contribution in [0, 0.1) is 5.92 Å². The van der Waals surface area contributed by atoms with Crippen LogP contribution in [0.15, 0.2) is 61.1 Å². The van der Waals surface area contributed by atoms with Crippen LogP contribution in [0.4, 0.5) is 8.78 Å². The topological polar surface area (TPSA) is 52.8 Å². The fourth-order valence-electron chi connectivity index (χ4n) is 4.32. The normalized spacial score (nSPS) is 14.5. The molecule has 1 aliphatic carbocycles. The number of fused-ring (bicyclic) bond motifs is 1. The van der Waals surface area contributed by atoms with Crippen LogP contribution in [-0.4, -0.2) is 26.4 Å². The van der Waals surface area contributed by atoms with Crippen molar-refractivity contribution in [3.8, 4) is 28.3 Å². The summed E-state index contributed by atoms with van der Waals surface area (Å²) in [5, 5.41) is 5.53. The minimum absolute atomic E-state index is 0.117. The zero-order valence-corrected chi connectivity index (χ0v) is 16.9. The van der Waals surface area contributed by atoms with Crippen LogP contribution < -0.4 is 4.74 Å². The Morgan fingerprint density at radius 3 is 2.77 bits per heavy atom. The average Bonchev–Trinajstić information content (AvgIpc) is 3.46.